The number of hydrogen-bond acceptors (Lipinski definition) is 10. The molecule has 0 aliphatic carbocycles. The molecule has 0 bridgehead atoms. The highest BCUT2D eigenvalue weighted by Crippen LogP contribution is 2.49. The molecule has 0 N–H and O–H groups in total. The van der Waals surface area contributed by atoms with Crippen molar-refractivity contribution in [3.05, 3.63) is 413 Å². The highest BCUT2D eigenvalue weighted by Gasteiger charge is 2.29. The topological polar surface area (TPSA) is 136 Å². The Hall–Kier alpha value is -18.2. The van der Waals surface area contributed by atoms with Crippen LogP contribution in [0.4, 0.5) is 0 Å². The van der Waals surface area contributed by atoms with Gasteiger partial charge in [-0.2, -0.15) is 0 Å². The lowest BCUT2D eigenvalue weighted by Crippen LogP contribution is -2.04. The van der Waals surface area contributed by atoms with E-state index >= 15 is 0 Å². The number of aromatic nitrogens is 10. The van der Waals surface area contributed by atoms with Crippen molar-refractivity contribution in [2.24, 2.45) is 0 Å². The van der Waals surface area contributed by atoms with Gasteiger partial charge in [0.1, 0.15) is 33.5 Å². The van der Waals surface area contributed by atoms with Crippen molar-refractivity contribution in [1.82, 2.24) is 48.2 Å². The summed E-state index contributed by atoms with van der Waals surface area (Å²) in [5.74, 6) is 3.09. The van der Waals surface area contributed by atoms with Crippen LogP contribution >= 0.6 is 11.3 Å². The third-order valence-corrected chi connectivity index (χ3v) is 29.1. The highest BCUT2D eigenvalue weighted by atomic mass is 32.1. The Morgan fingerprint density at radius 3 is 1.01 bits per heavy atom. The summed E-state index contributed by atoms with van der Waals surface area (Å²) in [5.41, 5.74) is 23.7. The van der Waals surface area contributed by atoms with Crippen molar-refractivity contribution in [3.63, 3.8) is 0 Å². The molecular weight excluding hydrogens is 1690 g/mol. The molecule has 10 heterocycles. The minimum absolute atomic E-state index is 0.480. The maximum atomic E-state index is 7.19. The summed E-state index contributed by atoms with van der Waals surface area (Å²) in [6.07, 6.45) is 0. The second-order valence-electron chi connectivity index (χ2n) is 35.6. The monoisotopic (exact) mass is 1750 g/mol. The summed E-state index contributed by atoms with van der Waals surface area (Å²) in [6, 6.07) is 147. The number of nitrogens with zero attached hydrogens (tertiary/aromatic N) is 10. The van der Waals surface area contributed by atoms with Crippen LogP contribution in [-0.2, 0) is 0 Å². The zero-order valence-electron chi connectivity index (χ0n) is 72.4. The molecule has 0 radical (unpaired) electrons. The first-order chi connectivity index (χ1) is 67.3. The Labute approximate surface area is 776 Å². The van der Waals surface area contributed by atoms with E-state index in [-0.39, 0.29) is 0 Å². The van der Waals surface area contributed by atoms with E-state index in [1.165, 1.54) is 15.5 Å². The number of thiophene rings is 1. The molecule has 0 aliphatic rings. The molecule has 30 aromatic rings. The van der Waals surface area contributed by atoms with Crippen LogP contribution in [-0.4, -0.2) is 48.2 Å². The number of rotatable bonds is 11. The van der Waals surface area contributed by atoms with E-state index in [1.54, 1.807) is 11.3 Å². The van der Waals surface area contributed by atoms with E-state index in [4.69, 9.17) is 43.2 Å². The summed E-state index contributed by atoms with van der Waals surface area (Å²) in [7, 11) is 0. The second-order valence-corrected chi connectivity index (χ2v) is 36.6. The fourth-order valence-corrected chi connectivity index (χ4v) is 22.9. The van der Waals surface area contributed by atoms with E-state index in [9.17, 15) is 0 Å². The number of fused-ring (bicyclic) bond motifs is 26. The van der Waals surface area contributed by atoms with Gasteiger partial charge in [-0.05, 0) is 209 Å². The van der Waals surface area contributed by atoms with E-state index in [0.29, 0.717) is 46.1 Å². The lowest BCUT2D eigenvalue weighted by Gasteiger charge is -2.15. The standard InChI is InChI=1S/C122H68N10O3S/c1-3-27-79(28-4-1)129-99-37-17-11-31-81(99)90-58-75(46-52-103(90)129)117-123-119(127-121(125-117)97-65-95-85-35-15-21-41-109(85)133-113(95)67-107(97)131-101-39-19-13-33-83(101)92-55-69-23-7-9-25-71(69)60-105(92)131)77-44-50-87-86-49-43-74(62-111(86)135-112(87)63-77)73-48-54-110-94(57-73)96-66-98(108(68-114(96)134-110)132-102-40-20-14-34-84(102)93-56-70-24-8-10-26-72(70)61-106(93)132)122-126-118(124-120(128-122)78-45-51-89-88-36-16-22-42-115(88)136-116(89)64-78)76-47-53-104-91(59-76)82-32-12-18-38-100(82)130(104)80-29-5-2-6-30-80/h1-68H. The van der Waals surface area contributed by atoms with E-state index < -0.39 is 0 Å². The van der Waals surface area contributed by atoms with E-state index in [0.717, 1.165) is 235 Å². The van der Waals surface area contributed by atoms with Gasteiger partial charge < -0.3 is 31.5 Å². The average molecular weight is 1750 g/mol. The van der Waals surface area contributed by atoms with Crippen LogP contribution in [0.15, 0.2) is 426 Å². The fourth-order valence-electron chi connectivity index (χ4n) is 21.7. The third-order valence-electron chi connectivity index (χ3n) is 28.0. The van der Waals surface area contributed by atoms with Gasteiger partial charge in [0.05, 0.1) is 55.5 Å². The maximum absolute atomic E-state index is 7.19. The molecule has 10 aromatic heterocycles. The molecule has 0 spiro atoms. The van der Waals surface area contributed by atoms with Crippen LogP contribution in [0.3, 0.4) is 0 Å². The fraction of sp³-hybridized carbons (Fsp3) is 0. The molecule has 13 nitrogen and oxygen atoms in total. The molecular formula is C122H68N10O3S. The van der Waals surface area contributed by atoms with Crippen molar-refractivity contribution in [2.75, 3.05) is 0 Å². The summed E-state index contributed by atoms with van der Waals surface area (Å²) < 4.78 is 33.0. The predicted octanol–water partition coefficient (Wildman–Crippen LogP) is 32.5. The van der Waals surface area contributed by atoms with Crippen molar-refractivity contribution in [1.29, 1.82) is 0 Å². The lowest BCUT2D eigenvalue weighted by molar-refractivity contribution is 0.668. The van der Waals surface area contributed by atoms with Crippen molar-refractivity contribution in [2.45, 2.75) is 0 Å². The number of furan rings is 3. The smallest absolute Gasteiger partial charge is 0.166 e. The van der Waals surface area contributed by atoms with Crippen molar-refractivity contribution >= 4 is 206 Å². The average Bonchev–Trinajstić information content (AvgIpc) is 1.56. The van der Waals surface area contributed by atoms with Crippen LogP contribution in [0.2, 0.25) is 0 Å². The van der Waals surface area contributed by atoms with Crippen LogP contribution in [0.5, 0.6) is 0 Å². The molecule has 0 fully saturated rings. The molecule has 0 unspecified atom stereocenters. The maximum Gasteiger partial charge on any atom is 0.166 e. The Balaban J connectivity index is 0.596. The number of hydrogen-bond donors (Lipinski definition) is 0. The Morgan fingerprint density at radius 1 is 0.169 bits per heavy atom. The minimum atomic E-state index is 0.480. The van der Waals surface area contributed by atoms with Gasteiger partial charge in [-0.15, -0.1) is 11.3 Å². The van der Waals surface area contributed by atoms with Crippen LogP contribution in [0.25, 0.3) is 297 Å². The Kier molecular flexibility index (Phi) is 15.7. The molecule has 0 amide bonds. The minimum Gasteiger partial charge on any atom is -0.456 e. The van der Waals surface area contributed by atoms with Gasteiger partial charge in [0.25, 0.3) is 0 Å². The molecule has 20 aromatic carbocycles. The van der Waals surface area contributed by atoms with E-state index in [1.807, 2.05) is 12.1 Å². The van der Waals surface area contributed by atoms with Gasteiger partial charge in [-0.1, -0.05) is 224 Å². The van der Waals surface area contributed by atoms with Crippen LogP contribution in [0, 0.1) is 0 Å². The molecule has 14 heteroatoms. The molecule has 0 saturated carbocycles. The zero-order valence-corrected chi connectivity index (χ0v) is 73.2. The summed E-state index contributed by atoms with van der Waals surface area (Å²) in [6.45, 7) is 0. The normalized spacial score (nSPS) is 12.3. The van der Waals surface area contributed by atoms with Crippen molar-refractivity contribution < 1.29 is 13.3 Å². The van der Waals surface area contributed by atoms with Gasteiger partial charge in [-0.3, -0.25) is 0 Å². The van der Waals surface area contributed by atoms with Crippen molar-refractivity contribution in [3.8, 4) is 102 Å². The van der Waals surface area contributed by atoms with Crippen LogP contribution < -0.4 is 0 Å². The molecule has 0 atom stereocenters. The van der Waals surface area contributed by atoms with Crippen LogP contribution in [0.1, 0.15) is 0 Å². The third kappa shape index (κ3) is 11.3. The highest BCUT2D eigenvalue weighted by molar-refractivity contribution is 7.25. The summed E-state index contributed by atoms with van der Waals surface area (Å²) >= 11 is 1.78. The summed E-state index contributed by atoms with van der Waals surface area (Å²) in [4.78, 5) is 34.0. The van der Waals surface area contributed by atoms with Gasteiger partial charge in [-0.25, -0.2) is 29.9 Å². The SMILES string of the molecule is c1ccc(-n2c3ccccc3c3cc(-c4nc(-c5ccc6c(c5)oc5cc(-c7ccc8oc9cc(-n%10c%11ccccc%11c%11cc%12ccccc%12cc%11%10)c(-c%10nc(-c%11ccc%12c(c%11)sc%11ccccc%11%12)nc(-c%11ccc%12c(c%11)c%11ccccc%11n%12-c%11ccccc%11)n%10)cc9c8c7)ccc56)nc(-c5cc6c(cc5-n5c7ccccc7c7cc8ccccc8cc75)oc5ccccc56)n4)ccc32)cc1. The number of benzene rings is 20. The quantitative estimate of drug-likeness (QED) is 0.124. The molecule has 630 valence electrons. The van der Waals surface area contributed by atoms with Gasteiger partial charge >= 0.3 is 0 Å². The van der Waals surface area contributed by atoms with E-state index in [2.05, 4.69) is 419 Å². The molecule has 136 heavy (non-hydrogen) atoms. The Morgan fingerprint density at radius 2 is 0.485 bits per heavy atom. The molecule has 30 rings (SSSR count). The second kappa shape index (κ2) is 28.6. The van der Waals surface area contributed by atoms with Gasteiger partial charge in [0.15, 0.2) is 34.9 Å². The van der Waals surface area contributed by atoms with Gasteiger partial charge in [0, 0.05) is 152 Å². The first kappa shape index (κ1) is 74.5. The largest absolute Gasteiger partial charge is 0.456 e. The summed E-state index contributed by atoms with van der Waals surface area (Å²) in [5, 5.41) is 21.6. The molecule has 0 saturated heterocycles. The Bertz CT molecular complexity index is 10400. The lowest BCUT2D eigenvalue weighted by atomic mass is 10.00. The van der Waals surface area contributed by atoms with Gasteiger partial charge in [0.2, 0.25) is 0 Å². The zero-order chi connectivity index (χ0) is 88.6. The first-order valence-electron chi connectivity index (χ1n) is 45.7. The number of para-hydroxylation sites is 7. The predicted molar refractivity (Wildman–Crippen MR) is 558 cm³/mol. The first-order valence-corrected chi connectivity index (χ1v) is 46.6. The molecule has 0 aliphatic heterocycles.